The Morgan fingerprint density at radius 1 is 1.37 bits per heavy atom. The van der Waals surface area contributed by atoms with Crippen LogP contribution < -0.4 is 11.1 Å². The van der Waals surface area contributed by atoms with Crippen LogP contribution >= 0.6 is 12.4 Å². The zero-order valence-corrected chi connectivity index (χ0v) is 12.2. The minimum absolute atomic E-state index is 0. The lowest BCUT2D eigenvalue weighted by atomic mass is 10.0. The second-order valence-corrected chi connectivity index (χ2v) is 5.37. The van der Waals surface area contributed by atoms with Crippen molar-refractivity contribution in [2.24, 2.45) is 11.1 Å². The second-order valence-electron chi connectivity index (χ2n) is 5.37. The topological polar surface area (TPSA) is 55.1 Å². The Balaban J connectivity index is 0.00000180. The van der Waals surface area contributed by atoms with Gasteiger partial charge in [0.1, 0.15) is 0 Å². The van der Waals surface area contributed by atoms with Gasteiger partial charge in [0.2, 0.25) is 5.91 Å². The van der Waals surface area contributed by atoms with E-state index in [-0.39, 0.29) is 18.3 Å². The average Bonchev–Trinajstić information content (AvgIpc) is 3.18. The molecule has 0 aromatic heterocycles. The number of hydrogen-bond acceptors (Lipinski definition) is 2. The van der Waals surface area contributed by atoms with Crippen LogP contribution in [0.4, 0.5) is 0 Å². The van der Waals surface area contributed by atoms with Gasteiger partial charge in [0.15, 0.2) is 0 Å². The SMILES string of the molecule is CCC1(CNC(=O)[C@@H](N)Cc2ccccc2)CC1.Cl. The van der Waals surface area contributed by atoms with E-state index in [1.807, 2.05) is 30.3 Å². The van der Waals surface area contributed by atoms with Gasteiger partial charge < -0.3 is 11.1 Å². The fraction of sp³-hybridized carbons (Fsp3) is 0.533. The molecule has 1 atom stereocenters. The highest BCUT2D eigenvalue weighted by Crippen LogP contribution is 2.47. The summed E-state index contributed by atoms with van der Waals surface area (Å²) in [7, 11) is 0. The predicted molar refractivity (Wildman–Crippen MR) is 80.3 cm³/mol. The maximum Gasteiger partial charge on any atom is 0.237 e. The molecule has 1 amide bonds. The third-order valence-corrected chi connectivity index (χ3v) is 3.98. The van der Waals surface area contributed by atoms with Gasteiger partial charge in [-0.15, -0.1) is 12.4 Å². The molecule has 1 aromatic rings. The van der Waals surface area contributed by atoms with Crippen LogP contribution in [-0.4, -0.2) is 18.5 Å². The third kappa shape index (κ3) is 4.51. The van der Waals surface area contributed by atoms with Crippen molar-refractivity contribution in [2.45, 2.75) is 38.6 Å². The molecule has 1 fully saturated rings. The summed E-state index contributed by atoms with van der Waals surface area (Å²) in [5.41, 5.74) is 7.41. The van der Waals surface area contributed by atoms with Crippen LogP contribution in [0.2, 0.25) is 0 Å². The predicted octanol–water partition coefficient (Wildman–Crippen LogP) is 2.28. The van der Waals surface area contributed by atoms with Gasteiger partial charge in [-0.25, -0.2) is 0 Å². The number of nitrogens with two attached hydrogens (primary N) is 1. The van der Waals surface area contributed by atoms with Crippen molar-refractivity contribution in [2.75, 3.05) is 6.54 Å². The third-order valence-electron chi connectivity index (χ3n) is 3.98. The molecule has 3 nitrogen and oxygen atoms in total. The Kier molecular flexibility index (Phi) is 5.83. The van der Waals surface area contributed by atoms with Gasteiger partial charge in [-0.3, -0.25) is 4.79 Å². The van der Waals surface area contributed by atoms with Crippen molar-refractivity contribution < 1.29 is 4.79 Å². The van der Waals surface area contributed by atoms with Crippen molar-refractivity contribution in [1.29, 1.82) is 0 Å². The summed E-state index contributed by atoms with van der Waals surface area (Å²) in [6, 6.07) is 9.46. The number of rotatable bonds is 6. The Labute approximate surface area is 121 Å². The van der Waals surface area contributed by atoms with Crippen LogP contribution in [-0.2, 0) is 11.2 Å². The smallest absolute Gasteiger partial charge is 0.237 e. The molecule has 2 rings (SSSR count). The number of hydrogen-bond donors (Lipinski definition) is 2. The number of benzene rings is 1. The zero-order valence-electron chi connectivity index (χ0n) is 11.4. The maximum absolute atomic E-state index is 11.9. The van der Waals surface area contributed by atoms with E-state index >= 15 is 0 Å². The van der Waals surface area contributed by atoms with Crippen LogP contribution in [0.1, 0.15) is 31.7 Å². The molecular weight excluding hydrogens is 260 g/mol. The summed E-state index contributed by atoms with van der Waals surface area (Å²) in [6.07, 6.45) is 4.21. The van der Waals surface area contributed by atoms with Gasteiger partial charge in [0, 0.05) is 6.54 Å². The summed E-state index contributed by atoms with van der Waals surface area (Å²) < 4.78 is 0. The van der Waals surface area contributed by atoms with Crippen LogP contribution in [0, 0.1) is 5.41 Å². The van der Waals surface area contributed by atoms with Crippen molar-refractivity contribution in [3.63, 3.8) is 0 Å². The Morgan fingerprint density at radius 2 is 2.00 bits per heavy atom. The fourth-order valence-electron chi connectivity index (χ4n) is 2.20. The first-order valence-corrected chi connectivity index (χ1v) is 6.72. The average molecular weight is 283 g/mol. The van der Waals surface area contributed by atoms with E-state index in [0.717, 1.165) is 18.5 Å². The van der Waals surface area contributed by atoms with E-state index < -0.39 is 6.04 Å². The quantitative estimate of drug-likeness (QED) is 0.841. The highest BCUT2D eigenvalue weighted by atomic mass is 35.5. The van der Waals surface area contributed by atoms with Gasteiger partial charge in [0.05, 0.1) is 6.04 Å². The fourth-order valence-corrected chi connectivity index (χ4v) is 2.20. The molecule has 1 saturated carbocycles. The first-order valence-electron chi connectivity index (χ1n) is 6.72. The Hall–Kier alpha value is -1.06. The standard InChI is InChI=1S/C15H22N2O.ClH/c1-2-15(8-9-15)11-17-14(18)13(16)10-12-6-4-3-5-7-12;/h3-7,13H,2,8-11,16H2,1H3,(H,17,18);1H/t13-;/m0./s1. The monoisotopic (exact) mass is 282 g/mol. The molecule has 1 aliphatic carbocycles. The van der Waals surface area contributed by atoms with Gasteiger partial charge in [-0.2, -0.15) is 0 Å². The lowest BCUT2D eigenvalue weighted by molar-refractivity contribution is -0.122. The Morgan fingerprint density at radius 3 is 2.53 bits per heavy atom. The van der Waals surface area contributed by atoms with Gasteiger partial charge >= 0.3 is 0 Å². The molecule has 1 aromatic carbocycles. The number of amides is 1. The molecule has 4 heteroatoms. The first kappa shape index (κ1) is 16.0. The molecule has 106 valence electrons. The lowest BCUT2D eigenvalue weighted by Crippen LogP contribution is -2.43. The van der Waals surface area contributed by atoms with Crippen LogP contribution in [0.5, 0.6) is 0 Å². The summed E-state index contributed by atoms with van der Waals surface area (Å²) in [5.74, 6) is -0.0291. The minimum Gasteiger partial charge on any atom is -0.354 e. The molecule has 19 heavy (non-hydrogen) atoms. The van der Waals surface area contributed by atoms with E-state index in [9.17, 15) is 4.79 Å². The highest BCUT2D eigenvalue weighted by molar-refractivity contribution is 5.85. The van der Waals surface area contributed by atoms with Crippen molar-refractivity contribution in [3.05, 3.63) is 35.9 Å². The van der Waals surface area contributed by atoms with E-state index in [0.29, 0.717) is 11.8 Å². The molecule has 1 aliphatic rings. The molecule has 0 spiro atoms. The summed E-state index contributed by atoms with van der Waals surface area (Å²) >= 11 is 0. The lowest BCUT2D eigenvalue weighted by Gasteiger charge is -2.16. The molecular formula is C15H23ClN2O. The first-order chi connectivity index (χ1) is 8.65. The van der Waals surface area contributed by atoms with Crippen LogP contribution in [0.25, 0.3) is 0 Å². The molecule has 0 bridgehead atoms. The number of halogens is 1. The molecule has 0 radical (unpaired) electrons. The van der Waals surface area contributed by atoms with E-state index in [1.54, 1.807) is 0 Å². The summed E-state index contributed by atoms with van der Waals surface area (Å²) in [5, 5.41) is 2.99. The molecule has 0 unspecified atom stereocenters. The van der Waals surface area contributed by atoms with Gasteiger partial charge in [0.25, 0.3) is 0 Å². The van der Waals surface area contributed by atoms with Gasteiger partial charge in [-0.05, 0) is 36.7 Å². The van der Waals surface area contributed by atoms with Crippen LogP contribution in [0.15, 0.2) is 30.3 Å². The highest BCUT2D eigenvalue weighted by Gasteiger charge is 2.40. The van der Waals surface area contributed by atoms with Crippen molar-refractivity contribution >= 4 is 18.3 Å². The number of carbonyl (C=O) groups excluding carboxylic acids is 1. The summed E-state index contributed by atoms with van der Waals surface area (Å²) in [6.45, 7) is 2.97. The summed E-state index contributed by atoms with van der Waals surface area (Å²) in [4.78, 5) is 11.9. The maximum atomic E-state index is 11.9. The minimum atomic E-state index is -0.444. The zero-order chi connectivity index (χ0) is 13.0. The molecule has 0 aliphatic heterocycles. The molecule has 3 N–H and O–H groups in total. The largest absolute Gasteiger partial charge is 0.354 e. The molecule has 0 saturated heterocycles. The molecule has 0 heterocycles. The number of nitrogens with one attached hydrogen (secondary N) is 1. The van der Waals surface area contributed by atoms with Crippen molar-refractivity contribution in [3.8, 4) is 0 Å². The Bertz CT molecular complexity index is 404. The van der Waals surface area contributed by atoms with E-state index in [4.69, 9.17) is 5.73 Å². The van der Waals surface area contributed by atoms with Crippen molar-refractivity contribution in [1.82, 2.24) is 5.32 Å². The van der Waals surface area contributed by atoms with E-state index in [1.165, 1.54) is 12.8 Å². The van der Waals surface area contributed by atoms with Crippen LogP contribution in [0.3, 0.4) is 0 Å². The number of carbonyl (C=O) groups is 1. The van der Waals surface area contributed by atoms with E-state index in [2.05, 4.69) is 12.2 Å². The normalized spacial score (nSPS) is 17.2. The van der Waals surface area contributed by atoms with Gasteiger partial charge in [-0.1, -0.05) is 37.3 Å². The second kappa shape index (κ2) is 6.92.